The van der Waals surface area contributed by atoms with Gasteiger partial charge in [-0.2, -0.15) is 18.4 Å². The van der Waals surface area contributed by atoms with Crippen LogP contribution in [-0.4, -0.2) is 4.98 Å². The molecule has 0 saturated heterocycles. The molecule has 2 rings (SSSR count). The van der Waals surface area contributed by atoms with Crippen LogP contribution in [-0.2, 0) is 12.6 Å². The molecule has 0 aliphatic rings. The summed E-state index contributed by atoms with van der Waals surface area (Å²) in [7, 11) is 0. The average molecular weight is 278 g/mol. The first-order chi connectivity index (χ1) is 9.43. The van der Waals surface area contributed by atoms with Crippen LogP contribution >= 0.6 is 0 Å². The van der Waals surface area contributed by atoms with E-state index in [0.29, 0.717) is 5.56 Å². The van der Waals surface area contributed by atoms with Gasteiger partial charge < -0.3 is 4.98 Å². The molecule has 1 heterocycles. The molecule has 20 heavy (non-hydrogen) atoms. The third kappa shape index (κ3) is 2.72. The molecule has 0 bridgehead atoms. The van der Waals surface area contributed by atoms with Gasteiger partial charge in [0.05, 0.1) is 23.6 Å². The van der Waals surface area contributed by atoms with E-state index < -0.39 is 17.3 Å². The van der Waals surface area contributed by atoms with Gasteiger partial charge in [-0.05, 0) is 29.3 Å². The van der Waals surface area contributed by atoms with E-state index in [0.717, 1.165) is 12.1 Å². The lowest BCUT2D eigenvalue weighted by Gasteiger charge is -2.10. The maximum atomic E-state index is 12.7. The molecule has 1 aromatic carbocycles. The molecule has 0 spiro atoms. The Morgan fingerprint density at radius 2 is 2.00 bits per heavy atom. The monoisotopic (exact) mass is 278 g/mol. The number of rotatable bonds is 2. The van der Waals surface area contributed by atoms with Gasteiger partial charge in [0.25, 0.3) is 5.56 Å². The quantitative estimate of drug-likeness (QED) is 0.917. The van der Waals surface area contributed by atoms with E-state index in [2.05, 4.69) is 4.98 Å². The van der Waals surface area contributed by atoms with Crippen LogP contribution in [0.4, 0.5) is 13.2 Å². The summed E-state index contributed by atoms with van der Waals surface area (Å²) < 4.78 is 38.1. The summed E-state index contributed by atoms with van der Waals surface area (Å²) in [4.78, 5) is 14.2. The van der Waals surface area contributed by atoms with Crippen molar-refractivity contribution in [3.63, 3.8) is 0 Å². The second-order valence-corrected chi connectivity index (χ2v) is 4.12. The number of H-pyrrole nitrogens is 1. The molecular weight excluding hydrogens is 269 g/mol. The van der Waals surface area contributed by atoms with Crippen molar-refractivity contribution in [2.45, 2.75) is 12.6 Å². The molecule has 1 N–H and O–H groups in total. The number of halogens is 3. The number of aromatic amines is 1. The molecular formula is C14H9F3N2O. The molecule has 0 saturated carbocycles. The van der Waals surface area contributed by atoms with Gasteiger partial charge in [0, 0.05) is 6.20 Å². The van der Waals surface area contributed by atoms with Gasteiger partial charge in [0.15, 0.2) is 0 Å². The van der Waals surface area contributed by atoms with E-state index in [1.807, 2.05) is 6.07 Å². The lowest BCUT2D eigenvalue weighted by molar-refractivity contribution is -0.137. The summed E-state index contributed by atoms with van der Waals surface area (Å²) in [6, 6.07) is 7.90. The fraction of sp³-hybridized carbons (Fsp3) is 0.143. The predicted molar refractivity (Wildman–Crippen MR) is 66.8 cm³/mol. The van der Waals surface area contributed by atoms with Crippen LogP contribution in [0.2, 0.25) is 0 Å². The molecule has 0 amide bonds. The zero-order valence-corrected chi connectivity index (χ0v) is 10.2. The van der Waals surface area contributed by atoms with Crippen molar-refractivity contribution < 1.29 is 13.2 Å². The maximum absolute atomic E-state index is 12.7. The molecule has 1 aromatic heterocycles. The van der Waals surface area contributed by atoms with Gasteiger partial charge >= 0.3 is 6.18 Å². The van der Waals surface area contributed by atoms with Crippen LogP contribution < -0.4 is 5.56 Å². The highest BCUT2D eigenvalue weighted by Gasteiger charge is 2.30. The number of hydrogen-bond donors (Lipinski definition) is 1. The number of alkyl halides is 3. The van der Waals surface area contributed by atoms with Crippen LogP contribution in [0.15, 0.2) is 41.3 Å². The molecule has 0 fully saturated rings. The number of aromatic nitrogens is 1. The van der Waals surface area contributed by atoms with Crippen molar-refractivity contribution in [3.8, 4) is 17.2 Å². The van der Waals surface area contributed by atoms with Crippen molar-refractivity contribution in [3.05, 3.63) is 58.0 Å². The van der Waals surface area contributed by atoms with Crippen molar-refractivity contribution >= 4 is 0 Å². The van der Waals surface area contributed by atoms with Crippen LogP contribution in [0.1, 0.15) is 11.1 Å². The van der Waals surface area contributed by atoms with Gasteiger partial charge in [-0.1, -0.05) is 12.1 Å². The molecule has 0 aliphatic heterocycles. The molecule has 6 heteroatoms. The summed E-state index contributed by atoms with van der Waals surface area (Å²) in [6.45, 7) is 0. The van der Waals surface area contributed by atoms with Gasteiger partial charge in [-0.3, -0.25) is 4.79 Å². The summed E-state index contributed by atoms with van der Waals surface area (Å²) in [5, 5.41) is 8.72. The average Bonchev–Trinajstić information content (AvgIpc) is 2.38. The lowest BCUT2D eigenvalue weighted by atomic mass is 9.98. The third-order valence-electron chi connectivity index (χ3n) is 2.80. The Morgan fingerprint density at radius 3 is 2.65 bits per heavy atom. The molecule has 0 aliphatic carbocycles. The third-order valence-corrected chi connectivity index (χ3v) is 2.80. The number of nitrogens with one attached hydrogen (secondary N) is 1. The lowest BCUT2D eigenvalue weighted by Crippen LogP contribution is -2.12. The van der Waals surface area contributed by atoms with Gasteiger partial charge in [0.1, 0.15) is 0 Å². The highest BCUT2D eigenvalue weighted by atomic mass is 19.4. The number of nitrogens with zero attached hydrogens (tertiary/aromatic N) is 1. The van der Waals surface area contributed by atoms with E-state index in [4.69, 9.17) is 5.26 Å². The van der Waals surface area contributed by atoms with Crippen molar-refractivity contribution in [1.29, 1.82) is 5.26 Å². The van der Waals surface area contributed by atoms with Gasteiger partial charge in [-0.15, -0.1) is 0 Å². The Labute approximate surface area is 112 Å². The molecule has 0 unspecified atom stereocenters. The van der Waals surface area contributed by atoms with Crippen molar-refractivity contribution in [1.82, 2.24) is 4.98 Å². The fourth-order valence-corrected chi connectivity index (χ4v) is 1.92. The zero-order valence-electron chi connectivity index (χ0n) is 10.2. The largest absolute Gasteiger partial charge is 0.416 e. The SMILES string of the molecule is N#CCc1cc[nH]c(=O)c1-c1cccc(C(F)(F)F)c1. The van der Waals surface area contributed by atoms with E-state index >= 15 is 0 Å². The smallest absolute Gasteiger partial charge is 0.329 e. The minimum Gasteiger partial charge on any atom is -0.329 e. The van der Waals surface area contributed by atoms with Crippen molar-refractivity contribution in [2.75, 3.05) is 0 Å². The summed E-state index contributed by atoms with van der Waals surface area (Å²) >= 11 is 0. The number of hydrogen-bond acceptors (Lipinski definition) is 2. The molecule has 3 nitrogen and oxygen atoms in total. The summed E-state index contributed by atoms with van der Waals surface area (Å²) in [5.74, 6) is 0. The highest BCUT2D eigenvalue weighted by Crippen LogP contribution is 2.32. The predicted octanol–water partition coefficient (Wildman–Crippen LogP) is 3.13. The Bertz CT molecular complexity index is 726. The normalized spacial score (nSPS) is 11.1. The van der Waals surface area contributed by atoms with E-state index in [-0.39, 0.29) is 17.5 Å². The number of pyridine rings is 1. The molecule has 0 atom stereocenters. The second-order valence-electron chi connectivity index (χ2n) is 4.12. The van der Waals surface area contributed by atoms with Crippen LogP contribution in [0, 0.1) is 11.3 Å². The fourth-order valence-electron chi connectivity index (χ4n) is 1.92. The Balaban J connectivity index is 2.64. The van der Waals surface area contributed by atoms with Gasteiger partial charge in [-0.25, -0.2) is 0 Å². The maximum Gasteiger partial charge on any atom is 0.416 e. The van der Waals surface area contributed by atoms with E-state index in [1.165, 1.54) is 24.4 Å². The number of benzene rings is 1. The van der Waals surface area contributed by atoms with Crippen LogP contribution in [0.3, 0.4) is 0 Å². The highest BCUT2D eigenvalue weighted by molar-refractivity contribution is 5.67. The second kappa shape index (κ2) is 5.21. The molecule has 0 radical (unpaired) electrons. The summed E-state index contributed by atoms with van der Waals surface area (Å²) in [6.07, 6.45) is -3.16. The minimum atomic E-state index is -4.48. The minimum absolute atomic E-state index is 0.0461. The Hall–Kier alpha value is -2.55. The first-order valence-corrected chi connectivity index (χ1v) is 5.68. The first-order valence-electron chi connectivity index (χ1n) is 5.68. The van der Waals surface area contributed by atoms with Crippen LogP contribution in [0.25, 0.3) is 11.1 Å². The first kappa shape index (κ1) is 13.9. The molecule has 102 valence electrons. The Kier molecular flexibility index (Phi) is 3.61. The number of nitriles is 1. The topological polar surface area (TPSA) is 56.6 Å². The Morgan fingerprint density at radius 1 is 1.25 bits per heavy atom. The van der Waals surface area contributed by atoms with Crippen molar-refractivity contribution in [2.24, 2.45) is 0 Å². The van der Waals surface area contributed by atoms with E-state index in [9.17, 15) is 18.0 Å². The van der Waals surface area contributed by atoms with E-state index in [1.54, 1.807) is 0 Å². The van der Waals surface area contributed by atoms with Crippen LogP contribution in [0.5, 0.6) is 0 Å². The zero-order chi connectivity index (χ0) is 14.8. The summed E-state index contributed by atoms with van der Waals surface area (Å²) in [5.41, 5.74) is -0.708. The standard InChI is InChI=1S/C14H9F3N2O/c15-14(16,17)11-3-1-2-10(8-11)12-9(4-6-18)5-7-19-13(12)20/h1-3,5,7-8H,4H2,(H,19,20). The molecule has 2 aromatic rings. The van der Waals surface area contributed by atoms with Gasteiger partial charge in [0.2, 0.25) is 0 Å².